The summed E-state index contributed by atoms with van der Waals surface area (Å²) >= 11 is 0. The van der Waals surface area contributed by atoms with Crippen molar-refractivity contribution < 1.29 is 23.0 Å². The Bertz CT molecular complexity index is 629. The van der Waals surface area contributed by atoms with Gasteiger partial charge in [-0.2, -0.15) is 0 Å². The van der Waals surface area contributed by atoms with Gasteiger partial charge in [0, 0.05) is 37.4 Å². The molecule has 144 valence electrons. The Morgan fingerprint density at radius 2 is 2.23 bits per heavy atom. The van der Waals surface area contributed by atoms with E-state index in [9.17, 15) is 13.6 Å². The van der Waals surface area contributed by atoms with Crippen LogP contribution in [0.3, 0.4) is 0 Å². The number of rotatable bonds is 3. The number of nitrogens with zero attached hydrogens (tertiary/aromatic N) is 2. The minimum absolute atomic E-state index is 0.0831. The molecule has 0 saturated carbocycles. The van der Waals surface area contributed by atoms with E-state index in [1.807, 2.05) is 24.3 Å². The van der Waals surface area contributed by atoms with E-state index in [1.165, 1.54) is 0 Å². The summed E-state index contributed by atoms with van der Waals surface area (Å²) in [5.41, 5.74) is 1.03. The molecule has 8 heteroatoms. The van der Waals surface area contributed by atoms with Crippen LogP contribution in [-0.4, -0.2) is 69.4 Å². The van der Waals surface area contributed by atoms with E-state index in [-0.39, 0.29) is 19.2 Å². The first-order valence-corrected chi connectivity index (χ1v) is 8.87. The van der Waals surface area contributed by atoms with Gasteiger partial charge in [0.25, 0.3) is 5.92 Å². The second kappa shape index (κ2) is 8.07. The summed E-state index contributed by atoms with van der Waals surface area (Å²) in [6, 6.07) is 7.23. The van der Waals surface area contributed by atoms with Crippen molar-refractivity contribution in [3.63, 3.8) is 0 Å². The summed E-state index contributed by atoms with van der Waals surface area (Å²) in [6.07, 6.45) is 1.74. The summed E-state index contributed by atoms with van der Waals surface area (Å²) in [5, 5.41) is 2.91. The number of piperidine rings is 1. The Balaban J connectivity index is 1.60. The molecule has 3 rings (SSSR count). The number of halogens is 2. The summed E-state index contributed by atoms with van der Waals surface area (Å²) < 4.78 is 37.4. The molecular weight excluding hydrogens is 344 g/mol. The number of hydrogen-bond acceptors (Lipinski definition) is 4. The van der Waals surface area contributed by atoms with Gasteiger partial charge in [0.15, 0.2) is 0 Å². The van der Waals surface area contributed by atoms with Crippen molar-refractivity contribution >= 4 is 11.7 Å². The number of carbonyl (C=O) groups is 1. The van der Waals surface area contributed by atoms with E-state index in [0.29, 0.717) is 6.54 Å². The van der Waals surface area contributed by atoms with Crippen LogP contribution in [-0.2, 0) is 4.74 Å². The fourth-order valence-electron chi connectivity index (χ4n) is 3.38. The topological polar surface area (TPSA) is 54.0 Å². The van der Waals surface area contributed by atoms with Crippen LogP contribution < -0.4 is 15.0 Å². The third-order valence-electron chi connectivity index (χ3n) is 4.70. The van der Waals surface area contributed by atoms with Gasteiger partial charge in [0.2, 0.25) is 0 Å². The molecule has 2 heterocycles. The molecule has 2 aliphatic heterocycles. The maximum Gasteiger partial charge on any atom is 0.317 e. The van der Waals surface area contributed by atoms with Crippen molar-refractivity contribution in [2.24, 2.45) is 0 Å². The minimum Gasteiger partial charge on any atom is -0.497 e. The number of hydrogen-bond donors (Lipinski definition) is 1. The van der Waals surface area contributed by atoms with Gasteiger partial charge < -0.3 is 24.6 Å². The molecule has 0 spiro atoms. The van der Waals surface area contributed by atoms with Crippen molar-refractivity contribution in [2.75, 3.05) is 51.4 Å². The number of urea groups is 1. The lowest BCUT2D eigenvalue weighted by atomic mass is 10.0. The molecule has 1 aromatic rings. The van der Waals surface area contributed by atoms with Gasteiger partial charge >= 0.3 is 6.03 Å². The number of ether oxygens (including phenoxy) is 2. The van der Waals surface area contributed by atoms with E-state index in [2.05, 4.69) is 10.2 Å². The fraction of sp³-hybridized carbons (Fsp3) is 0.611. The van der Waals surface area contributed by atoms with Gasteiger partial charge in [0.05, 0.1) is 20.3 Å². The average Bonchev–Trinajstić information content (AvgIpc) is 2.82. The van der Waals surface area contributed by atoms with E-state index in [4.69, 9.17) is 9.47 Å². The van der Waals surface area contributed by atoms with Crippen molar-refractivity contribution in [1.82, 2.24) is 10.2 Å². The Labute approximate surface area is 152 Å². The number of alkyl halides is 2. The van der Waals surface area contributed by atoms with Gasteiger partial charge in [-0.25, -0.2) is 13.6 Å². The zero-order chi connectivity index (χ0) is 18.6. The van der Waals surface area contributed by atoms with Crippen molar-refractivity contribution in [3.8, 4) is 5.75 Å². The largest absolute Gasteiger partial charge is 0.497 e. The minimum atomic E-state index is -3.01. The van der Waals surface area contributed by atoms with E-state index >= 15 is 0 Å². The highest BCUT2D eigenvalue weighted by Crippen LogP contribution is 2.24. The quantitative estimate of drug-likeness (QED) is 0.889. The van der Waals surface area contributed by atoms with Crippen LogP contribution in [0, 0.1) is 0 Å². The Morgan fingerprint density at radius 1 is 1.38 bits per heavy atom. The molecule has 2 fully saturated rings. The van der Waals surface area contributed by atoms with Crippen LogP contribution >= 0.6 is 0 Å². The number of amides is 2. The maximum atomic E-state index is 13.6. The van der Waals surface area contributed by atoms with E-state index < -0.39 is 25.1 Å². The summed E-state index contributed by atoms with van der Waals surface area (Å²) in [7, 11) is 1.62. The first kappa shape index (κ1) is 18.7. The zero-order valence-corrected chi connectivity index (χ0v) is 14.9. The molecule has 2 saturated heterocycles. The van der Waals surface area contributed by atoms with Crippen LogP contribution in [0.15, 0.2) is 24.3 Å². The first-order chi connectivity index (χ1) is 12.5. The lowest BCUT2D eigenvalue weighted by molar-refractivity contribution is -0.0652. The summed E-state index contributed by atoms with van der Waals surface area (Å²) in [6.45, 7) is 0.584. The normalized spacial score (nSPS) is 23.3. The molecule has 0 bridgehead atoms. The molecule has 6 nitrogen and oxygen atoms in total. The fourth-order valence-corrected chi connectivity index (χ4v) is 3.38. The lowest BCUT2D eigenvalue weighted by Crippen LogP contribution is -2.53. The van der Waals surface area contributed by atoms with Gasteiger partial charge in [-0.05, 0) is 25.0 Å². The highest BCUT2D eigenvalue weighted by atomic mass is 19.3. The second-order valence-corrected chi connectivity index (χ2v) is 6.77. The molecule has 0 radical (unpaired) electrons. The van der Waals surface area contributed by atoms with Gasteiger partial charge in [-0.1, -0.05) is 6.07 Å². The van der Waals surface area contributed by atoms with Crippen molar-refractivity contribution in [3.05, 3.63) is 24.3 Å². The van der Waals surface area contributed by atoms with Crippen LogP contribution in [0.25, 0.3) is 0 Å². The highest BCUT2D eigenvalue weighted by molar-refractivity contribution is 5.74. The predicted molar refractivity (Wildman–Crippen MR) is 94.1 cm³/mol. The number of anilines is 1. The molecule has 1 atom stereocenters. The number of carbonyl (C=O) groups excluding carboxylic acids is 1. The van der Waals surface area contributed by atoms with Gasteiger partial charge in [0.1, 0.15) is 12.4 Å². The SMILES string of the molecule is COc1cccc(N2CCCC(NC(=O)N3CCOCC(F)(F)C3)C2)c1. The monoisotopic (exact) mass is 369 g/mol. The molecule has 1 unspecified atom stereocenters. The number of methoxy groups -OCH3 is 1. The molecule has 0 aliphatic carbocycles. The Kier molecular flexibility index (Phi) is 5.80. The Hall–Kier alpha value is -2.09. The molecule has 0 aromatic heterocycles. The van der Waals surface area contributed by atoms with Crippen molar-refractivity contribution in [1.29, 1.82) is 0 Å². The Morgan fingerprint density at radius 3 is 3.04 bits per heavy atom. The van der Waals surface area contributed by atoms with Gasteiger partial charge in [-0.15, -0.1) is 0 Å². The third-order valence-corrected chi connectivity index (χ3v) is 4.70. The van der Waals surface area contributed by atoms with Crippen LogP contribution in [0.1, 0.15) is 12.8 Å². The summed E-state index contributed by atoms with van der Waals surface area (Å²) in [5.74, 6) is -2.23. The molecule has 26 heavy (non-hydrogen) atoms. The van der Waals surface area contributed by atoms with Crippen LogP contribution in [0.4, 0.5) is 19.3 Å². The van der Waals surface area contributed by atoms with Crippen molar-refractivity contribution in [2.45, 2.75) is 24.8 Å². The smallest absolute Gasteiger partial charge is 0.317 e. The highest BCUT2D eigenvalue weighted by Gasteiger charge is 2.37. The third kappa shape index (κ3) is 4.75. The summed E-state index contributed by atoms with van der Waals surface area (Å²) in [4.78, 5) is 15.8. The first-order valence-electron chi connectivity index (χ1n) is 8.87. The number of nitrogens with one attached hydrogen (secondary N) is 1. The predicted octanol–water partition coefficient (Wildman–Crippen LogP) is 2.34. The van der Waals surface area contributed by atoms with Crippen LogP contribution in [0.2, 0.25) is 0 Å². The van der Waals surface area contributed by atoms with E-state index in [0.717, 1.165) is 35.7 Å². The molecule has 2 aliphatic rings. The average molecular weight is 369 g/mol. The molecular formula is C18H25F2N3O3. The molecule has 1 aromatic carbocycles. The maximum absolute atomic E-state index is 13.6. The zero-order valence-electron chi connectivity index (χ0n) is 14.9. The van der Waals surface area contributed by atoms with Crippen LogP contribution in [0.5, 0.6) is 5.75 Å². The molecule has 2 amide bonds. The second-order valence-electron chi connectivity index (χ2n) is 6.77. The van der Waals surface area contributed by atoms with Gasteiger partial charge in [-0.3, -0.25) is 0 Å². The lowest BCUT2D eigenvalue weighted by Gasteiger charge is -2.36. The standard InChI is InChI=1S/C18H25F2N3O3/c1-25-16-6-2-5-15(10-16)22-7-3-4-14(11-22)21-17(24)23-8-9-26-13-18(19,20)12-23/h2,5-6,10,14H,3-4,7-9,11-13H2,1H3,(H,21,24). The molecule has 1 N–H and O–H groups in total. The van der Waals surface area contributed by atoms with E-state index in [1.54, 1.807) is 7.11 Å². The number of benzene rings is 1.